The molecule has 1 amide bonds. The van der Waals surface area contributed by atoms with Gasteiger partial charge in [0.1, 0.15) is 17.3 Å². The minimum atomic E-state index is -0.273. The van der Waals surface area contributed by atoms with Crippen LogP contribution in [-0.4, -0.2) is 22.8 Å². The molecule has 1 N–H and O–H groups in total. The lowest BCUT2D eigenvalue weighted by Crippen LogP contribution is -2.13. The van der Waals surface area contributed by atoms with Gasteiger partial charge in [0.2, 0.25) is 0 Å². The number of rotatable bonds is 7. The van der Waals surface area contributed by atoms with Gasteiger partial charge in [-0.15, -0.1) is 6.42 Å². The van der Waals surface area contributed by atoms with Crippen LogP contribution in [0.15, 0.2) is 78.8 Å². The van der Waals surface area contributed by atoms with Crippen molar-refractivity contribution in [1.82, 2.24) is 9.78 Å². The molecule has 0 spiro atoms. The Balaban J connectivity index is 1.74. The number of aromatic nitrogens is 2. The van der Waals surface area contributed by atoms with E-state index in [-0.39, 0.29) is 5.91 Å². The predicted octanol–water partition coefficient (Wildman–Crippen LogP) is 4.82. The molecular formula is C25H23N3O3. The average molecular weight is 413 g/mol. The molecule has 0 radical (unpaired) electrons. The first-order valence-corrected chi connectivity index (χ1v) is 9.59. The third-order valence-electron chi connectivity index (χ3n) is 4.39. The highest BCUT2D eigenvalue weighted by molar-refractivity contribution is 6.06. The van der Waals surface area contributed by atoms with Crippen LogP contribution < -0.4 is 14.8 Å². The van der Waals surface area contributed by atoms with Crippen molar-refractivity contribution >= 4 is 11.6 Å². The minimum Gasteiger partial charge on any atom is -0.496 e. The number of hydrogen-bond acceptors (Lipinski definition) is 4. The van der Waals surface area contributed by atoms with Gasteiger partial charge < -0.3 is 14.8 Å². The van der Waals surface area contributed by atoms with Crippen molar-refractivity contribution in [2.24, 2.45) is 7.05 Å². The number of carbonyl (C=O) groups excluding carboxylic acids is 1. The lowest BCUT2D eigenvalue weighted by Gasteiger charge is -2.11. The van der Waals surface area contributed by atoms with Gasteiger partial charge in [-0.2, -0.15) is 5.10 Å². The summed E-state index contributed by atoms with van der Waals surface area (Å²) in [7, 11) is 3.39. The van der Waals surface area contributed by atoms with Crippen LogP contribution in [0.25, 0.3) is 11.1 Å². The van der Waals surface area contributed by atoms with Crippen LogP contribution in [0.2, 0.25) is 0 Å². The number of anilines is 1. The lowest BCUT2D eigenvalue weighted by atomic mass is 10.1. The zero-order valence-electron chi connectivity index (χ0n) is 17.6. The van der Waals surface area contributed by atoms with E-state index in [1.807, 2.05) is 38.4 Å². The molecule has 156 valence electrons. The minimum absolute atomic E-state index is 0.273. The number of carbonyl (C=O) groups is 1. The molecule has 2 aromatic carbocycles. The summed E-state index contributed by atoms with van der Waals surface area (Å²) in [4.78, 5) is 12.8. The van der Waals surface area contributed by atoms with E-state index in [2.05, 4.69) is 16.3 Å². The second kappa shape index (κ2) is 9.99. The summed E-state index contributed by atoms with van der Waals surface area (Å²) in [5.41, 5.74) is 2.92. The number of allylic oxidation sites excluding steroid dienone is 3. The van der Waals surface area contributed by atoms with Crippen LogP contribution in [0.4, 0.5) is 5.69 Å². The van der Waals surface area contributed by atoms with Crippen LogP contribution in [0.5, 0.6) is 11.5 Å². The zero-order valence-corrected chi connectivity index (χ0v) is 17.6. The summed E-state index contributed by atoms with van der Waals surface area (Å²) < 4.78 is 12.9. The van der Waals surface area contributed by atoms with Crippen molar-refractivity contribution in [2.45, 2.75) is 6.92 Å². The molecular weight excluding hydrogens is 390 g/mol. The molecule has 0 aliphatic heterocycles. The Bertz CT molecular complexity index is 1170. The van der Waals surface area contributed by atoms with Crippen molar-refractivity contribution in [2.75, 3.05) is 12.4 Å². The van der Waals surface area contributed by atoms with Crippen molar-refractivity contribution < 1.29 is 14.3 Å². The highest BCUT2D eigenvalue weighted by Gasteiger charge is 2.14. The van der Waals surface area contributed by atoms with Gasteiger partial charge in [0.15, 0.2) is 0 Å². The van der Waals surface area contributed by atoms with E-state index in [1.165, 1.54) is 13.2 Å². The van der Waals surface area contributed by atoms with E-state index >= 15 is 0 Å². The fourth-order valence-corrected chi connectivity index (χ4v) is 2.93. The SMILES string of the molecule is C#C/C=C(\C=C/C)Oc1ccc(NC(=O)c2ccc(-c3cnn(C)c3)cc2OC)cc1. The summed E-state index contributed by atoms with van der Waals surface area (Å²) in [5, 5.41) is 7.05. The number of aryl methyl sites for hydroxylation is 1. The van der Waals surface area contributed by atoms with Gasteiger partial charge in [0.05, 0.1) is 18.9 Å². The number of terminal acetylenes is 1. The van der Waals surface area contributed by atoms with Crippen LogP contribution in [0, 0.1) is 12.3 Å². The van der Waals surface area contributed by atoms with Gasteiger partial charge in [-0.1, -0.05) is 18.1 Å². The number of benzene rings is 2. The molecule has 0 fully saturated rings. The van der Waals surface area contributed by atoms with Crippen LogP contribution in [-0.2, 0) is 7.05 Å². The van der Waals surface area contributed by atoms with E-state index in [1.54, 1.807) is 47.3 Å². The quantitative estimate of drug-likeness (QED) is 0.343. The van der Waals surface area contributed by atoms with E-state index in [0.29, 0.717) is 28.5 Å². The van der Waals surface area contributed by atoms with E-state index in [9.17, 15) is 4.79 Å². The molecule has 3 aromatic rings. The van der Waals surface area contributed by atoms with Crippen molar-refractivity contribution in [3.63, 3.8) is 0 Å². The zero-order chi connectivity index (χ0) is 22.2. The molecule has 0 atom stereocenters. The Hall–Kier alpha value is -4.24. The van der Waals surface area contributed by atoms with Gasteiger partial charge in [0.25, 0.3) is 5.91 Å². The maximum atomic E-state index is 12.8. The average Bonchev–Trinajstić information content (AvgIpc) is 3.21. The smallest absolute Gasteiger partial charge is 0.259 e. The normalized spacial score (nSPS) is 11.2. The van der Waals surface area contributed by atoms with E-state index in [0.717, 1.165) is 11.1 Å². The summed E-state index contributed by atoms with van der Waals surface area (Å²) >= 11 is 0. The Morgan fingerprint density at radius 1 is 1.19 bits per heavy atom. The Kier molecular flexibility index (Phi) is 6.92. The van der Waals surface area contributed by atoms with E-state index in [4.69, 9.17) is 15.9 Å². The van der Waals surface area contributed by atoms with Gasteiger partial charge >= 0.3 is 0 Å². The molecule has 0 aliphatic carbocycles. The van der Waals surface area contributed by atoms with Crippen molar-refractivity contribution in [1.29, 1.82) is 0 Å². The number of nitrogens with zero attached hydrogens (tertiary/aromatic N) is 2. The molecule has 6 nitrogen and oxygen atoms in total. The highest BCUT2D eigenvalue weighted by atomic mass is 16.5. The number of hydrogen-bond donors (Lipinski definition) is 1. The Morgan fingerprint density at radius 3 is 2.58 bits per heavy atom. The molecule has 0 bridgehead atoms. The second-order valence-corrected chi connectivity index (χ2v) is 6.61. The summed E-state index contributed by atoms with van der Waals surface area (Å²) in [6, 6.07) is 12.5. The highest BCUT2D eigenvalue weighted by Crippen LogP contribution is 2.28. The fraction of sp³-hybridized carbons (Fsp3) is 0.120. The molecule has 31 heavy (non-hydrogen) atoms. The lowest BCUT2D eigenvalue weighted by molar-refractivity contribution is 0.102. The topological polar surface area (TPSA) is 65.4 Å². The maximum absolute atomic E-state index is 12.8. The Morgan fingerprint density at radius 2 is 1.97 bits per heavy atom. The predicted molar refractivity (Wildman–Crippen MR) is 122 cm³/mol. The van der Waals surface area contributed by atoms with Crippen LogP contribution in [0.1, 0.15) is 17.3 Å². The maximum Gasteiger partial charge on any atom is 0.259 e. The Labute approximate surface area is 181 Å². The molecule has 3 rings (SSSR count). The molecule has 0 aliphatic rings. The second-order valence-electron chi connectivity index (χ2n) is 6.61. The molecule has 0 unspecified atom stereocenters. The van der Waals surface area contributed by atoms with E-state index < -0.39 is 0 Å². The fourth-order valence-electron chi connectivity index (χ4n) is 2.93. The number of nitrogens with one attached hydrogen (secondary N) is 1. The van der Waals surface area contributed by atoms with Crippen molar-refractivity contribution in [3.05, 3.63) is 84.4 Å². The first-order chi connectivity index (χ1) is 15.0. The largest absolute Gasteiger partial charge is 0.496 e. The first-order valence-electron chi connectivity index (χ1n) is 9.59. The molecule has 0 saturated carbocycles. The van der Waals surface area contributed by atoms with Crippen LogP contribution in [0.3, 0.4) is 0 Å². The first kappa shape index (κ1) is 21.5. The number of ether oxygens (including phenoxy) is 2. The molecule has 0 saturated heterocycles. The third-order valence-corrected chi connectivity index (χ3v) is 4.39. The van der Waals surface area contributed by atoms with Gasteiger partial charge in [0, 0.05) is 30.6 Å². The van der Waals surface area contributed by atoms with Gasteiger partial charge in [-0.3, -0.25) is 9.48 Å². The summed E-state index contributed by atoms with van der Waals surface area (Å²) in [6.07, 6.45) is 14.1. The number of methoxy groups -OCH3 is 1. The standard InChI is InChI=1S/C25H23N3O3/c1-5-7-21(8-6-2)31-22-12-10-20(11-13-22)27-25(29)23-14-9-18(15-24(23)30-4)19-16-26-28(3)17-19/h1,6-17H,2-4H3,(H,27,29)/b8-6-,21-7+. The van der Waals surface area contributed by atoms with Gasteiger partial charge in [-0.05, 0) is 55.0 Å². The number of amides is 1. The molecule has 1 aromatic heterocycles. The monoisotopic (exact) mass is 413 g/mol. The molecule has 1 heterocycles. The molecule has 6 heteroatoms. The van der Waals surface area contributed by atoms with Crippen LogP contribution >= 0.6 is 0 Å². The van der Waals surface area contributed by atoms with Gasteiger partial charge in [-0.25, -0.2) is 0 Å². The third kappa shape index (κ3) is 5.43. The summed E-state index contributed by atoms with van der Waals surface area (Å²) in [6.45, 7) is 1.88. The summed E-state index contributed by atoms with van der Waals surface area (Å²) in [5.74, 6) is 3.81. The van der Waals surface area contributed by atoms with Crippen molar-refractivity contribution in [3.8, 4) is 35.0 Å².